The van der Waals surface area contributed by atoms with Gasteiger partial charge in [0.25, 0.3) is 0 Å². The van der Waals surface area contributed by atoms with E-state index in [1.807, 2.05) is 36.4 Å². The second kappa shape index (κ2) is 11.6. The SMILES string of the molecule is COc1ccc(OCc2cccc(Br)c2)c(COc2c(Cl)cc(CC(N)C(=O)O)cc2Cl)c1. The Labute approximate surface area is 210 Å². The van der Waals surface area contributed by atoms with Gasteiger partial charge in [-0.25, -0.2) is 0 Å². The van der Waals surface area contributed by atoms with Crippen molar-refractivity contribution < 1.29 is 24.1 Å². The first kappa shape index (κ1) is 25.2. The number of halogens is 3. The van der Waals surface area contributed by atoms with Gasteiger partial charge in [-0.05, 0) is 60.0 Å². The molecule has 0 aromatic heterocycles. The number of hydrogen-bond acceptors (Lipinski definition) is 5. The summed E-state index contributed by atoms with van der Waals surface area (Å²) in [7, 11) is 1.58. The summed E-state index contributed by atoms with van der Waals surface area (Å²) in [6.07, 6.45) is 0.0958. The van der Waals surface area contributed by atoms with Crippen LogP contribution in [0.25, 0.3) is 0 Å². The van der Waals surface area contributed by atoms with E-state index in [2.05, 4.69) is 15.9 Å². The van der Waals surface area contributed by atoms with Crippen LogP contribution in [0.1, 0.15) is 16.7 Å². The number of nitrogens with two attached hydrogens (primary N) is 1. The van der Waals surface area contributed by atoms with Crippen molar-refractivity contribution in [2.45, 2.75) is 25.7 Å². The summed E-state index contributed by atoms with van der Waals surface area (Å²) in [5, 5.41) is 9.52. The van der Waals surface area contributed by atoms with Crippen molar-refractivity contribution in [1.82, 2.24) is 0 Å². The monoisotopic (exact) mass is 553 g/mol. The van der Waals surface area contributed by atoms with E-state index in [0.29, 0.717) is 23.7 Å². The van der Waals surface area contributed by atoms with Crippen LogP contribution in [0.15, 0.2) is 59.1 Å². The van der Waals surface area contributed by atoms with Crippen LogP contribution in [0.3, 0.4) is 0 Å². The summed E-state index contributed by atoms with van der Waals surface area (Å²) in [6, 6.07) is 15.4. The maximum absolute atomic E-state index is 11.0. The average molecular weight is 555 g/mol. The zero-order valence-corrected chi connectivity index (χ0v) is 20.8. The minimum absolute atomic E-state index is 0.0958. The second-order valence-corrected chi connectivity index (χ2v) is 8.95. The summed E-state index contributed by atoms with van der Waals surface area (Å²) in [5.41, 5.74) is 7.95. The van der Waals surface area contributed by atoms with Crippen molar-refractivity contribution in [3.8, 4) is 17.2 Å². The van der Waals surface area contributed by atoms with Crippen LogP contribution in [0.2, 0.25) is 10.0 Å². The molecular formula is C24H22BrCl2NO5. The lowest BCUT2D eigenvalue weighted by molar-refractivity contribution is -0.138. The van der Waals surface area contributed by atoms with E-state index in [-0.39, 0.29) is 28.8 Å². The summed E-state index contributed by atoms with van der Waals surface area (Å²) in [5.74, 6) is 0.466. The van der Waals surface area contributed by atoms with Crippen molar-refractivity contribution in [3.63, 3.8) is 0 Å². The molecular weight excluding hydrogens is 533 g/mol. The molecule has 0 heterocycles. The molecule has 0 amide bonds. The third kappa shape index (κ3) is 7.01. The van der Waals surface area contributed by atoms with Crippen molar-refractivity contribution in [3.05, 3.63) is 85.8 Å². The van der Waals surface area contributed by atoms with E-state index in [9.17, 15) is 4.79 Å². The molecule has 9 heteroatoms. The first-order valence-corrected chi connectivity index (χ1v) is 11.4. The van der Waals surface area contributed by atoms with Gasteiger partial charge in [0.2, 0.25) is 0 Å². The fourth-order valence-corrected chi connectivity index (χ4v) is 4.17. The van der Waals surface area contributed by atoms with Crippen molar-refractivity contribution in [2.24, 2.45) is 5.73 Å². The third-order valence-corrected chi connectivity index (χ3v) is 5.81. The van der Waals surface area contributed by atoms with Crippen LogP contribution in [-0.4, -0.2) is 24.2 Å². The summed E-state index contributed by atoms with van der Waals surface area (Å²) < 4.78 is 18.2. The first-order chi connectivity index (χ1) is 15.8. The fourth-order valence-electron chi connectivity index (χ4n) is 3.08. The summed E-state index contributed by atoms with van der Waals surface area (Å²) in [4.78, 5) is 11.0. The molecule has 0 aliphatic rings. The number of hydrogen-bond donors (Lipinski definition) is 2. The molecule has 6 nitrogen and oxygen atoms in total. The first-order valence-electron chi connectivity index (χ1n) is 9.90. The van der Waals surface area contributed by atoms with Gasteiger partial charge in [-0.2, -0.15) is 0 Å². The van der Waals surface area contributed by atoms with Gasteiger partial charge in [0.15, 0.2) is 5.75 Å². The van der Waals surface area contributed by atoms with Gasteiger partial charge in [0, 0.05) is 10.0 Å². The lowest BCUT2D eigenvalue weighted by Gasteiger charge is -2.16. The molecule has 3 rings (SSSR count). The highest BCUT2D eigenvalue weighted by Gasteiger charge is 2.17. The minimum Gasteiger partial charge on any atom is -0.497 e. The Morgan fingerprint density at radius 3 is 2.39 bits per heavy atom. The maximum atomic E-state index is 11.0. The number of ether oxygens (including phenoxy) is 3. The van der Waals surface area contributed by atoms with Gasteiger partial charge in [0.05, 0.1) is 17.2 Å². The van der Waals surface area contributed by atoms with Crippen LogP contribution in [-0.2, 0) is 24.4 Å². The maximum Gasteiger partial charge on any atom is 0.320 e. The third-order valence-electron chi connectivity index (χ3n) is 4.75. The molecule has 33 heavy (non-hydrogen) atoms. The number of carbonyl (C=O) groups is 1. The molecule has 0 radical (unpaired) electrons. The van der Waals surface area contributed by atoms with Crippen LogP contribution in [0.5, 0.6) is 17.2 Å². The smallest absolute Gasteiger partial charge is 0.320 e. The van der Waals surface area contributed by atoms with Crippen molar-refractivity contribution >= 4 is 45.1 Å². The normalized spacial score (nSPS) is 11.7. The van der Waals surface area contributed by atoms with E-state index in [1.165, 1.54) is 0 Å². The quantitative estimate of drug-likeness (QED) is 0.325. The Kier molecular flexibility index (Phi) is 8.86. The van der Waals surface area contributed by atoms with Crippen LogP contribution in [0.4, 0.5) is 0 Å². The Hall–Kier alpha value is -2.45. The lowest BCUT2D eigenvalue weighted by atomic mass is 10.1. The molecule has 0 saturated heterocycles. The predicted octanol–water partition coefficient (Wildman–Crippen LogP) is 5.88. The number of methoxy groups -OCH3 is 1. The Balaban J connectivity index is 1.76. The van der Waals surface area contributed by atoms with Gasteiger partial charge in [0.1, 0.15) is 30.8 Å². The Bertz CT molecular complexity index is 1120. The molecule has 174 valence electrons. The molecule has 0 aliphatic heterocycles. The number of carboxylic acid groups (broad SMARTS) is 1. The minimum atomic E-state index is -1.10. The van der Waals surface area contributed by atoms with E-state index < -0.39 is 12.0 Å². The van der Waals surface area contributed by atoms with Crippen LogP contribution >= 0.6 is 39.1 Å². The zero-order chi connectivity index (χ0) is 24.0. The zero-order valence-electron chi connectivity index (χ0n) is 17.7. The highest BCUT2D eigenvalue weighted by molar-refractivity contribution is 9.10. The van der Waals surface area contributed by atoms with Gasteiger partial charge in [-0.1, -0.05) is 51.3 Å². The summed E-state index contributed by atoms with van der Waals surface area (Å²) >= 11 is 16.2. The van der Waals surface area contributed by atoms with Gasteiger partial charge < -0.3 is 25.1 Å². The molecule has 0 saturated carbocycles. The fraction of sp³-hybridized carbons (Fsp3) is 0.208. The standard InChI is InChI=1S/C24H22BrCl2NO5/c1-31-18-5-6-22(32-12-14-3-2-4-17(25)7-14)16(11-18)13-33-23-19(26)8-15(9-20(23)27)10-21(28)24(29)30/h2-9,11,21H,10,12-13,28H2,1H3,(H,29,30). The van der Waals surface area contributed by atoms with Gasteiger partial charge >= 0.3 is 5.97 Å². The lowest BCUT2D eigenvalue weighted by Crippen LogP contribution is -2.32. The van der Waals surface area contributed by atoms with E-state index in [4.69, 9.17) is 48.3 Å². The van der Waals surface area contributed by atoms with E-state index in [1.54, 1.807) is 25.3 Å². The number of benzene rings is 3. The van der Waals surface area contributed by atoms with Crippen molar-refractivity contribution in [2.75, 3.05) is 7.11 Å². The van der Waals surface area contributed by atoms with E-state index >= 15 is 0 Å². The number of aliphatic carboxylic acids is 1. The molecule has 3 aromatic carbocycles. The molecule has 0 bridgehead atoms. The molecule has 0 spiro atoms. The van der Waals surface area contributed by atoms with Crippen LogP contribution in [0, 0.1) is 0 Å². The Morgan fingerprint density at radius 2 is 1.76 bits per heavy atom. The number of rotatable bonds is 10. The van der Waals surface area contributed by atoms with Gasteiger partial charge in [-0.3, -0.25) is 4.79 Å². The van der Waals surface area contributed by atoms with Gasteiger partial charge in [-0.15, -0.1) is 0 Å². The molecule has 3 aromatic rings. The van der Waals surface area contributed by atoms with Crippen LogP contribution < -0.4 is 19.9 Å². The highest BCUT2D eigenvalue weighted by atomic mass is 79.9. The molecule has 0 fully saturated rings. The predicted molar refractivity (Wildman–Crippen MR) is 132 cm³/mol. The molecule has 1 unspecified atom stereocenters. The Morgan fingerprint density at radius 1 is 1.03 bits per heavy atom. The number of carboxylic acids is 1. The second-order valence-electron chi connectivity index (χ2n) is 7.22. The molecule has 0 aliphatic carbocycles. The largest absolute Gasteiger partial charge is 0.497 e. The van der Waals surface area contributed by atoms with Crippen molar-refractivity contribution in [1.29, 1.82) is 0 Å². The molecule has 1 atom stereocenters. The highest BCUT2D eigenvalue weighted by Crippen LogP contribution is 2.36. The average Bonchev–Trinajstić information content (AvgIpc) is 2.77. The molecule has 3 N–H and O–H groups in total. The topological polar surface area (TPSA) is 91.0 Å². The summed E-state index contributed by atoms with van der Waals surface area (Å²) in [6.45, 7) is 0.497. The van der Waals surface area contributed by atoms with E-state index in [0.717, 1.165) is 15.6 Å².